The van der Waals surface area contributed by atoms with Crippen LogP contribution in [0.2, 0.25) is 5.02 Å². The molecule has 2 aromatic rings. The van der Waals surface area contributed by atoms with E-state index in [1.54, 1.807) is 42.5 Å². The zero-order valence-electron chi connectivity index (χ0n) is 23.7. The predicted octanol–water partition coefficient (Wildman–Crippen LogP) is 3.97. The molecule has 218 valence electrons. The van der Waals surface area contributed by atoms with Crippen LogP contribution in [0.1, 0.15) is 51.1 Å². The second-order valence-corrected chi connectivity index (χ2v) is 11.8. The van der Waals surface area contributed by atoms with Crippen molar-refractivity contribution in [3.63, 3.8) is 0 Å². The van der Waals surface area contributed by atoms with Gasteiger partial charge in [0.05, 0.1) is 29.0 Å². The van der Waals surface area contributed by atoms with Crippen LogP contribution in [0.4, 0.5) is 5.69 Å². The van der Waals surface area contributed by atoms with Crippen molar-refractivity contribution in [1.82, 2.24) is 9.80 Å². The normalized spacial score (nSPS) is 22.5. The molecule has 1 atom stereocenters. The first-order valence-corrected chi connectivity index (χ1v) is 14.6. The minimum absolute atomic E-state index is 0.0350. The fourth-order valence-electron chi connectivity index (χ4n) is 5.96. The number of ketones is 1. The van der Waals surface area contributed by atoms with E-state index in [9.17, 15) is 19.5 Å². The number of hydrogen-bond donors (Lipinski definition) is 2. The van der Waals surface area contributed by atoms with Gasteiger partial charge >= 0.3 is 0 Å². The van der Waals surface area contributed by atoms with Crippen LogP contribution < -0.4 is 10.1 Å². The van der Waals surface area contributed by atoms with Gasteiger partial charge in [-0.05, 0) is 87.4 Å². The first kappa shape index (κ1) is 28.3. The van der Waals surface area contributed by atoms with E-state index in [1.165, 1.54) is 4.90 Å². The van der Waals surface area contributed by atoms with E-state index >= 15 is 0 Å². The SMILES string of the molecule is Cc1cc(OCC(O)CN=C2C=CCC(=O)C2=C2Cc3cc4c(cc3N2)C(=O)N(C2CCN(C)CC2)C4=O)ccc1Cl. The standard InChI is InChI=1S/C32H33ClN4O5/c1-18-12-22(6-7-25(18)33)42-17-21(38)16-34-26-4-3-5-29(39)30(26)28-14-19-13-23-24(15-27(19)35-28)32(41)37(31(23)40)20-8-10-36(2)11-9-20/h3-4,6-7,12-13,15,20-21,35,38H,5,8-11,14,16-17H2,1-2H3. The second-order valence-electron chi connectivity index (χ2n) is 11.4. The van der Waals surface area contributed by atoms with Crippen molar-refractivity contribution in [3.8, 4) is 5.75 Å². The number of ether oxygens (including phenoxy) is 1. The summed E-state index contributed by atoms with van der Waals surface area (Å²) in [6, 6.07) is 8.74. The average Bonchev–Trinajstić information content (AvgIpc) is 3.49. The van der Waals surface area contributed by atoms with Crippen LogP contribution in [0.25, 0.3) is 0 Å². The number of carbonyl (C=O) groups excluding carboxylic acids is 3. The first-order chi connectivity index (χ1) is 20.2. The minimum Gasteiger partial charge on any atom is -0.491 e. The molecule has 3 heterocycles. The Labute approximate surface area is 249 Å². The molecule has 1 aliphatic carbocycles. The number of aliphatic hydroxyl groups is 1. The number of nitrogens with one attached hydrogen (secondary N) is 1. The summed E-state index contributed by atoms with van der Waals surface area (Å²) < 4.78 is 5.69. The van der Waals surface area contributed by atoms with E-state index in [2.05, 4.69) is 15.2 Å². The van der Waals surface area contributed by atoms with Gasteiger partial charge < -0.3 is 20.1 Å². The Bertz CT molecular complexity index is 1520. The molecule has 0 spiro atoms. The van der Waals surface area contributed by atoms with Crippen LogP contribution in [0, 0.1) is 6.92 Å². The summed E-state index contributed by atoms with van der Waals surface area (Å²) in [4.78, 5) is 47.9. The molecule has 1 saturated heterocycles. The highest BCUT2D eigenvalue weighted by Gasteiger charge is 2.42. The minimum atomic E-state index is -0.883. The number of piperidine rings is 1. The number of benzene rings is 2. The number of nitrogens with zero attached hydrogens (tertiary/aromatic N) is 3. The fourth-order valence-corrected chi connectivity index (χ4v) is 6.08. The zero-order chi connectivity index (χ0) is 29.5. The summed E-state index contributed by atoms with van der Waals surface area (Å²) in [5, 5.41) is 14.5. The van der Waals surface area contributed by atoms with Crippen molar-refractivity contribution in [2.45, 2.75) is 44.8 Å². The van der Waals surface area contributed by atoms with Crippen LogP contribution in [0.15, 0.2) is 58.7 Å². The third-order valence-corrected chi connectivity index (χ3v) is 8.73. The number of halogens is 1. The van der Waals surface area contributed by atoms with Gasteiger partial charge in [0.1, 0.15) is 18.5 Å². The number of aliphatic imine (C=N–C) groups is 1. The molecule has 2 N–H and O–H groups in total. The molecule has 3 aliphatic heterocycles. The predicted molar refractivity (Wildman–Crippen MR) is 161 cm³/mol. The third-order valence-electron chi connectivity index (χ3n) is 8.31. The third kappa shape index (κ3) is 5.40. The molecular weight excluding hydrogens is 556 g/mol. The zero-order valence-corrected chi connectivity index (χ0v) is 24.4. The Balaban J connectivity index is 1.18. The lowest BCUT2D eigenvalue weighted by Gasteiger charge is -2.33. The van der Waals surface area contributed by atoms with E-state index in [4.69, 9.17) is 16.3 Å². The van der Waals surface area contributed by atoms with Crippen LogP contribution in [-0.4, -0.2) is 83.7 Å². The molecule has 42 heavy (non-hydrogen) atoms. The summed E-state index contributed by atoms with van der Waals surface area (Å²) in [7, 11) is 2.05. The number of fused-ring (bicyclic) bond motifs is 2. The van der Waals surface area contributed by atoms with Gasteiger partial charge in [0.25, 0.3) is 11.8 Å². The Morgan fingerprint density at radius 3 is 2.60 bits per heavy atom. The number of aryl methyl sites for hydroxylation is 1. The number of imide groups is 1. The Kier molecular flexibility index (Phi) is 7.74. The highest BCUT2D eigenvalue weighted by Crippen LogP contribution is 2.38. The van der Waals surface area contributed by atoms with Crippen LogP contribution >= 0.6 is 11.6 Å². The molecular formula is C32H33ClN4O5. The summed E-state index contributed by atoms with van der Waals surface area (Å²) in [6.07, 6.45) is 4.87. The van der Waals surface area contributed by atoms with Crippen LogP contribution in [-0.2, 0) is 11.2 Å². The fraction of sp³-hybridized carbons (Fsp3) is 0.375. The second kappa shape index (κ2) is 11.5. The topological polar surface area (TPSA) is 112 Å². The number of carbonyl (C=O) groups is 3. The number of anilines is 1. The van der Waals surface area contributed by atoms with E-state index in [-0.39, 0.29) is 43.2 Å². The smallest absolute Gasteiger partial charge is 0.261 e. The number of hydrogen-bond acceptors (Lipinski definition) is 8. The van der Waals surface area contributed by atoms with Gasteiger partial charge in [-0.3, -0.25) is 24.3 Å². The first-order valence-electron chi connectivity index (χ1n) is 14.2. The van der Waals surface area contributed by atoms with E-state index < -0.39 is 6.10 Å². The van der Waals surface area contributed by atoms with Gasteiger partial charge in [-0.1, -0.05) is 17.7 Å². The molecule has 0 saturated carbocycles. The molecule has 1 fully saturated rings. The van der Waals surface area contributed by atoms with Gasteiger partial charge in [0.2, 0.25) is 0 Å². The molecule has 0 bridgehead atoms. The highest BCUT2D eigenvalue weighted by molar-refractivity contribution is 6.31. The lowest BCUT2D eigenvalue weighted by atomic mass is 9.94. The summed E-state index contributed by atoms with van der Waals surface area (Å²) in [5.74, 6) is 0.0315. The molecule has 2 amide bonds. The number of Topliss-reactive ketones (excluding diaryl/α,β-unsaturated/α-hetero) is 1. The molecule has 9 nitrogen and oxygen atoms in total. The number of amides is 2. The molecule has 1 unspecified atom stereocenters. The highest BCUT2D eigenvalue weighted by atomic mass is 35.5. The van der Waals surface area contributed by atoms with Gasteiger partial charge in [-0.15, -0.1) is 0 Å². The number of likely N-dealkylation sites (tertiary alicyclic amines) is 1. The molecule has 6 rings (SSSR count). The van der Waals surface area contributed by atoms with Crippen molar-refractivity contribution in [3.05, 3.63) is 81.0 Å². The molecule has 0 aromatic heterocycles. The summed E-state index contributed by atoms with van der Waals surface area (Å²) >= 11 is 6.07. The average molecular weight is 589 g/mol. The maximum absolute atomic E-state index is 13.3. The lowest BCUT2D eigenvalue weighted by Crippen LogP contribution is -2.46. The summed E-state index contributed by atoms with van der Waals surface area (Å²) in [6.45, 7) is 3.67. The largest absolute Gasteiger partial charge is 0.491 e. The molecule has 2 aromatic carbocycles. The van der Waals surface area contributed by atoms with Crippen LogP contribution in [0.5, 0.6) is 5.75 Å². The lowest BCUT2D eigenvalue weighted by molar-refractivity contribution is -0.114. The Morgan fingerprint density at radius 2 is 1.86 bits per heavy atom. The molecule has 4 aliphatic rings. The quantitative estimate of drug-likeness (QED) is 0.388. The van der Waals surface area contributed by atoms with E-state index in [1.807, 2.05) is 14.0 Å². The number of rotatable bonds is 6. The van der Waals surface area contributed by atoms with Crippen molar-refractivity contribution in [2.75, 3.05) is 38.6 Å². The number of allylic oxidation sites excluding steroid dienone is 4. The van der Waals surface area contributed by atoms with Gasteiger partial charge in [0, 0.05) is 35.3 Å². The van der Waals surface area contributed by atoms with Crippen molar-refractivity contribution in [1.29, 1.82) is 0 Å². The molecule has 0 radical (unpaired) electrons. The molecule has 10 heteroatoms. The van der Waals surface area contributed by atoms with Crippen molar-refractivity contribution < 1.29 is 24.2 Å². The van der Waals surface area contributed by atoms with Crippen LogP contribution in [0.3, 0.4) is 0 Å². The van der Waals surface area contributed by atoms with Crippen molar-refractivity contribution in [2.24, 2.45) is 4.99 Å². The Hall–Kier alpha value is -3.79. The van der Waals surface area contributed by atoms with E-state index in [0.717, 1.165) is 42.7 Å². The van der Waals surface area contributed by atoms with Crippen molar-refractivity contribution >= 4 is 40.6 Å². The Morgan fingerprint density at radius 1 is 1.12 bits per heavy atom. The van der Waals surface area contributed by atoms with Gasteiger partial charge in [-0.2, -0.15) is 0 Å². The van der Waals surface area contributed by atoms with Gasteiger partial charge in [0.15, 0.2) is 5.78 Å². The maximum Gasteiger partial charge on any atom is 0.261 e. The summed E-state index contributed by atoms with van der Waals surface area (Å²) in [5.41, 5.74) is 4.90. The number of aliphatic hydroxyl groups excluding tert-OH is 1. The van der Waals surface area contributed by atoms with Gasteiger partial charge in [-0.25, -0.2) is 0 Å². The monoisotopic (exact) mass is 588 g/mol. The van der Waals surface area contributed by atoms with E-state index in [0.29, 0.717) is 45.3 Å². The maximum atomic E-state index is 13.3.